The van der Waals surface area contributed by atoms with E-state index in [0.29, 0.717) is 18.9 Å². The van der Waals surface area contributed by atoms with Gasteiger partial charge in [0.1, 0.15) is 0 Å². The van der Waals surface area contributed by atoms with Crippen molar-refractivity contribution in [3.8, 4) is 0 Å². The number of nitrogens with zero attached hydrogens (tertiary/aromatic N) is 1. The molecule has 3 rings (SSSR count). The number of benzene rings is 2. The van der Waals surface area contributed by atoms with Crippen LogP contribution in [0.2, 0.25) is 0 Å². The van der Waals surface area contributed by atoms with Gasteiger partial charge in [0.2, 0.25) is 0 Å². The van der Waals surface area contributed by atoms with Crippen LogP contribution in [0.15, 0.2) is 65.9 Å². The van der Waals surface area contributed by atoms with Crippen molar-refractivity contribution < 1.29 is 14.7 Å². The summed E-state index contributed by atoms with van der Waals surface area (Å²) in [5.41, 5.74) is 3.33. The predicted molar refractivity (Wildman–Crippen MR) is 105 cm³/mol. The van der Waals surface area contributed by atoms with Crippen molar-refractivity contribution in [3.63, 3.8) is 0 Å². The van der Waals surface area contributed by atoms with Crippen molar-refractivity contribution in [1.29, 1.82) is 0 Å². The molecule has 4 nitrogen and oxygen atoms in total. The van der Waals surface area contributed by atoms with Gasteiger partial charge in [-0.2, -0.15) is 0 Å². The SMILES string of the molecule is CC(=O)C1=C(O)C(=O)N(CCc2ccccc2)[C@H]1c1ccc(C(C)C)cc1. The predicted octanol–water partition coefficient (Wildman–Crippen LogP) is 4.34. The van der Waals surface area contributed by atoms with E-state index in [-0.39, 0.29) is 11.4 Å². The fourth-order valence-corrected chi connectivity index (χ4v) is 3.55. The highest BCUT2D eigenvalue weighted by Gasteiger charge is 2.41. The summed E-state index contributed by atoms with van der Waals surface area (Å²) in [5, 5.41) is 10.3. The van der Waals surface area contributed by atoms with E-state index in [1.54, 1.807) is 4.90 Å². The second-order valence-corrected chi connectivity index (χ2v) is 7.28. The van der Waals surface area contributed by atoms with Gasteiger partial charge >= 0.3 is 0 Å². The maximum atomic E-state index is 12.7. The monoisotopic (exact) mass is 363 g/mol. The third-order valence-electron chi connectivity index (χ3n) is 5.09. The first kappa shape index (κ1) is 18.9. The number of aliphatic hydroxyl groups excluding tert-OH is 1. The Morgan fingerprint density at radius 2 is 1.70 bits per heavy atom. The van der Waals surface area contributed by atoms with Gasteiger partial charge in [0.15, 0.2) is 11.5 Å². The zero-order valence-electron chi connectivity index (χ0n) is 16.0. The lowest BCUT2D eigenvalue weighted by Gasteiger charge is -2.27. The molecule has 1 heterocycles. The molecule has 1 atom stereocenters. The number of aliphatic hydroxyl groups is 1. The molecule has 0 saturated carbocycles. The highest BCUT2D eigenvalue weighted by Crippen LogP contribution is 2.38. The van der Waals surface area contributed by atoms with E-state index in [4.69, 9.17) is 0 Å². The largest absolute Gasteiger partial charge is 0.503 e. The molecular weight excluding hydrogens is 338 g/mol. The molecule has 1 amide bonds. The summed E-state index contributed by atoms with van der Waals surface area (Å²) in [5.74, 6) is -0.779. The van der Waals surface area contributed by atoms with Crippen molar-refractivity contribution in [1.82, 2.24) is 4.90 Å². The Labute approximate surface area is 160 Å². The molecule has 27 heavy (non-hydrogen) atoms. The van der Waals surface area contributed by atoms with Crippen molar-refractivity contribution in [3.05, 3.63) is 82.6 Å². The van der Waals surface area contributed by atoms with Crippen molar-refractivity contribution in [2.45, 2.75) is 39.2 Å². The molecule has 0 fully saturated rings. The standard InChI is InChI=1S/C23H25NO3/c1-15(2)18-9-11-19(12-10-18)21-20(16(3)25)22(26)23(27)24(21)14-13-17-7-5-4-6-8-17/h4-12,15,21,26H,13-14H2,1-3H3/t21-/m0/s1. The van der Waals surface area contributed by atoms with E-state index in [0.717, 1.165) is 11.1 Å². The van der Waals surface area contributed by atoms with Crippen LogP contribution in [0.1, 0.15) is 49.4 Å². The molecule has 140 valence electrons. The molecule has 0 saturated heterocycles. The Bertz CT molecular complexity index is 866. The minimum Gasteiger partial charge on any atom is -0.503 e. The van der Waals surface area contributed by atoms with Gasteiger partial charge in [-0.3, -0.25) is 9.59 Å². The third-order valence-corrected chi connectivity index (χ3v) is 5.09. The third kappa shape index (κ3) is 3.80. The lowest BCUT2D eigenvalue weighted by atomic mass is 9.94. The van der Waals surface area contributed by atoms with E-state index in [1.807, 2.05) is 54.6 Å². The average molecular weight is 363 g/mol. The number of Topliss-reactive ketones (excluding diaryl/α,β-unsaturated/α-hetero) is 1. The second kappa shape index (κ2) is 7.78. The van der Waals surface area contributed by atoms with Crippen LogP contribution in [0.25, 0.3) is 0 Å². The van der Waals surface area contributed by atoms with Gasteiger partial charge in [0, 0.05) is 6.54 Å². The maximum absolute atomic E-state index is 12.7. The number of hydrogen-bond acceptors (Lipinski definition) is 3. The minimum absolute atomic E-state index is 0.186. The summed E-state index contributed by atoms with van der Waals surface area (Å²) in [4.78, 5) is 26.5. The van der Waals surface area contributed by atoms with Crippen LogP contribution < -0.4 is 0 Å². The molecule has 0 aliphatic carbocycles. The lowest BCUT2D eigenvalue weighted by molar-refractivity contribution is -0.129. The summed E-state index contributed by atoms with van der Waals surface area (Å²) in [6.45, 7) is 6.06. The minimum atomic E-state index is -0.542. The summed E-state index contributed by atoms with van der Waals surface area (Å²) in [6, 6.07) is 17.3. The van der Waals surface area contributed by atoms with Gasteiger partial charge < -0.3 is 10.0 Å². The van der Waals surface area contributed by atoms with Gasteiger partial charge in [0.05, 0.1) is 11.6 Å². The van der Waals surface area contributed by atoms with Crippen LogP contribution in [0.3, 0.4) is 0 Å². The Morgan fingerprint density at radius 1 is 1.07 bits per heavy atom. The Balaban J connectivity index is 1.93. The number of rotatable bonds is 6. The van der Waals surface area contributed by atoms with Crippen LogP contribution in [-0.4, -0.2) is 28.2 Å². The molecule has 0 bridgehead atoms. The van der Waals surface area contributed by atoms with Crippen LogP contribution in [0, 0.1) is 0 Å². The molecule has 0 spiro atoms. The molecule has 0 radical (unpaired) electrons. The van der Waals surface area contributed by atoms with E-state index in [9.17, 15) is 14.7 Å². The fraction of sp³-hybridized carbons (Fsp3) is 0.304. The van der Waals surface area contributed by atoms with Crippen LogP contribution in [-0.2, 0) is 16.0 Å². The first-order valence-electron chi connectivity index (χ1n) is 9.29. The van der Waals surface area contributed by atoms with Gasteiger partial charge in [-0.1, -0.05) is 68.4 Å². The number of carbonyl (C=O) groups is 2. The van der Waals surface area contributed by atoms with E-state index in [1.165, 1.54) is 12.5 Å². The topological polar surface area (TPSA) is 57.6 Å². The fourth-order valence-electron chi connectivity index (χ4n) is 3.55. The normalized spacial score (nSPS) is 17.1. The number of hydrogen-bond donors (Lipinski definition) is 1. The summed E-state index contributed by atoms with van der Waals surface area (Å²) in [6.07, 6.45) is 0.658. The Kier molecular flexibility index (Phi) is 5.45. The summed E-state index contributed by atoms with van der Waals surface area (Å²) < 4.78 is 0. The highest BCUT2D eigenvalue weighted by molar-refractivity contribution is 6.08. The molecule has 1 aliphatic heterocycles. The van der Waals surface area contributed by atoms with Crippen LogP contribution in [0.5, 0.6) is 0 Å². The zero-order valence-corrected chi connectivity index (χ0v) is 16.0. The number of amides is 1. The van der Waals surface area contributed by atoms with E-state index in [2.05, 4.69) is 13.8 Å². The molecule has 1 aliphatic rings. The van der Waals surface area contributed by atoms with Crippen LogP contribution >= 0.6 is 0 Å². The zero-order chi connectivity index (χ0) is 19.6. The van der Waals surface area contributed by atoms with E-state index < -0.39 is 17.7 Å². The lowest BCUT2D eigenvalue weighted by Crippen LogP contribution is -2.32. The molecule has 1 N–H and O–H groups in total. The van der Waals surface area contributed by atoms with Crippen LogP contribution in [0.4, 0.5) is 0 Å². The molecule has 0 aromatic heterocycles. The average Bonchev–Trinajstić information content (AvgIpc) is 2.92. The van der Waals surface area contributed by atoms with Crippen molar-refractivity contribution in [2.24, 2.45) is 0 Å². The van der Waals surface area contributed by atoms with Gasteiger partial charge in [-0.05, 0) is 36.0 Å². The van der Waals surface area contributed by atoms with Crippen molar-refractivity contribution >= 4 is 11.7 Å². The number of ketones is 1. The number of carbonyl (C=O) groups excluding carboxylic acids is 2. The van der Waals surface area contributed by atoms with Crippen molar-refractivity contribution in [2.75, 3.05) is 6.54 Å². The van der Waals surface area contributed by atoms with E-state index >= 15 is 0 Å². The molecule has 2 aromatic rings. The smallest absolute Gasteiger partial charge is 0.290 e. The van der Waals surface area contributed by atoms with Gasteiger partial charge in [0.25, 0.3) is 5.91 Å². The second-order valence-electron chi connectivity index (χ2n) is 7.28. The molecule has 0 unspecified atom stereocenters. The molecular formula is C23H25NO3. The van der Waals surface area contributed by atoms with Gasteiger partial charge in [-0.15, -0.1) is 0 Å². The summed E-state index contributed by atoms with van der Waals surface area (Å²) >= 11 is 0. The Hall–Kier alpha value is -2.88. The Morgan fingerprint density at radius 3 is 2.26 bits per heavy atom. The molecule has 4 heteroatoms. The van der Waals surface area contributed by atoms with Gasteiger partial charge in [-0.25, -0.2) is 0 Å². The first-order valence-corrected chi connectivity index (χ1v) is 9.29. The molecule has 2 aromatic carbocycles. The first-order chi connectivity index (χ1) is 12.9. The quantitative estimate of drug-likeness (QED) is 0.831. The summed E-state index contributed by atoms with van der Waals surface area (Å²) in [7, 11) is 0. The highest BCUT2D eigenvalue weighted by atomic mass is 16.3. The maximum Gasteiger partial charge on any atom is 0.290 e.